The molecule has 0 unspecified atom stereocenters. The van der Waals surface area contributed by atoms with Crippen LogP contribution >= 0.6 is 0 Å². The van der Waals surface area contributed by atoms with Gasteiger partial charge < -0.3 is 0 Å². The Morgan fingerprint density at radius 2 is 1.41 bits per heavy atom. The van der Waals surface area contributed by atoms with E-state index in [9.17, 15) is 5.48 Å². The second kappa shape index (κ2) is 16.3. The normalized spacial score (nSPS) is 14.7. The fraction of sp³-hybridized carbons (Fsp3) is 0.167. The molecule has 0 spiro atoms. The molecule has 7 nitrogen and oxygen atoms in total. The Balaban J connectivity index is 1.19. The van der Waals surface area contributed by atoms with Crippen LogP contribution < -0.4 is 9.55 Å². The first kappa shape index (κ1) is 30.5. The average Bonchev–Trinajstić information content (AvgIpc) is 3.96. The molecule has 314 valence electrons. The maximum absolute atomic E-state index is 9.28. The van der Waals surface area contributed by atoms with Gasteiger partial charge in [0.2, 0.25) is 0 Å². The van der Waals surface area contributed by atoms with Crippen LogP contribution in [0.15, 0.2) is 158 Å². The van der Waals surface area contributed by atoms with Crippen molar-refractivity contribution in [3.63, 3.8) is 0 Å². The van der Waals surface area contributed by atoms with E-state index in [4.69, 9.17) is 23.0 Å². The van der Waals surface area contributed by atoms with Crippen molar-refractivity contribution in [1.82, 2.24) is 23.8 Å². The number of anilines is 2. The molecule has 0 saturated heterocycles. The van der Waals surface area contributed by atoms with Gasteiger partial charge in [0, 0.05) is 12.4 Å². The van der Waals surface area contributed by atoms with Gasteiger partial charge in [-0.3, -0.25) is 0 Å². The van der Waals surface area contributed by atoms with E-state index >= 15 is 0 Å². The minimum absolute atomic E-state index is 0.110. The number of benzene rings is 6. The number of nitrogens with zero attached hydrogens (tertiary/aromatic N) is 6. The number of hydrogen-bond donors (Lipinski definition) is 0. The first-order valence-electron chi connectivity index (χ1n) is 25.7. The molecule has 9 heteroatoms. The standard InChI is InChI=1S/C54H47BN6O.Pt/c1-37(2)35-55-60(52-30-38(3)26-28-56-52)51-34-44(24-25-45(51)48-27-29-57-61(48)55)62-43-21-15-20-42(33-43)58-36-59(50-23-14-13-22-49(50)58)53-46(39-16-9-7-10-17-39)31-41(54(4,5)6)32-47(53)40-18-11-8-12-19-40;/h7-32,37H,35H2,1-6H3;/q-2;/i7D,8D,9D,10D,11D,12D,16D,17D,18D,19D;. The Kier molecular flexibility index (Phi) is 7.91. The zero-order valence-electron chi connectivity index (χ0n) is 45.5. The van der Waals surface area contributed by atoms with Gasteiger partial charge in [-0.15, -0.1) is 0 Å². The molecule has 3 aromatic heterocycles. The van der Waals surface area contributed by atoms with E-state index < -0.39 is 65.8 Å². The molecule has 9 aromatic rings. The third kappa shape index (κ3) is 7.50. The number of rotatable bonds is 9. The Morgan fingerprint density at radius 3 is 2.06 bits per heavy atom. The predicted molar refractivity (Wildman–Crippen MR) is 253 cm³/mol. The molecular weight excluding hydrogens is 955 g/mol. The minimum atomic E-state index is -0.631. The van der Waals surface area contributed by atoms with Gasteiger partial charge in [-0.2, -0.15) is 5.10 Å². The van der Waals surface area contributed by atoms with E-state index in [0.717, 1.165) is 34.6 Å². The molecule has 1 aliphatic rings. The van der Waals surface area contributed by atoms with Gasteiger partial charge in [0.05, 0.1) is 0 Å². The molecule has 1 aliphatic heterocycles. The van der Waals surface area contributed by atoms with Gasteiger partial charge in [-0.25, -0.2) is 0 Å². The zero-order valence-corrected chi connectivity index (χ0v) is 37.8. The van der Waals surface area contributed by atoms with Crippen LogP contribution in [0, 0.1) is 28.8 Å². The number of aryl methyl sites for hydroxylation is 1. The van der Waals surface area contributed by atoms with Crippen molar-refractivity contribution in [1.29, 1.82) is 0 Å². The number of aromatic nitrogens is 5. The molecule has 0 radical (unpaired) electrons. The molecular formula is C54H47BN6OPt-2. The number of ether oxygens (including phenoxy) is 1. The van der Waals surface area contributed by atoms with E-state index in [2.05, 4.69) is 56.2 Å². The van der Waals surface area contributed by atoms with Crippen LogP contribution in [0.3, 0.4) is 0 Å². The van der Waals surface area contributed by atoms with E-state index in [0.29, 0.717) is 43.5 Å². The van der Waals surface area contributed by atoms with Gasteiger partial charge in [0.25, 0.3) is 0 Å². The molecule has 63 heavy (non-hydrogen) atoms. The van der Waals surface area contributed by atoms with Crippen molar-refractivity contribution < 1.29 is 37.8 Å². The third-order valence-electron chi connectivity index (χ3n) is 11.2. The van der Waals surface area contributed by atoms with E-state index in [-0.39, 0.29) is 34.9 Å². The SMILES string of the molecule is [2H]c1c([2H])c([2H])c(-c2cc(C(C)(C)C)cc(-c3c([2H])c([2H])c([2H])c([2H])c3[2H])c2-n2[c](=[Pt])n(-c3[c-]c(Oc4[c-]c5c(cc4)-c4ccnn4B(CC(C)C)N5c4cc(C)ccn4)ccc3)c3ccccc32)c([2H])c1[2H]. The molecule has 0 bridgehead atoms. The summed E-state index contributed by atoms with van der Waals surface area (Å²) in [6.45, 7) is 12.1. The number of pyridine rings is 1. The maximum atomic E-state index is 9.28. The molecule has 4 heterocycles. The summed E-state index contributed by atoms with van der Waals surface area (Å²) in [5.74, 6) is 1.91. The van der Waals surface area contributed by atoms with Crippen molar-refractivity contribution in [2.24, 2.45) is 5.92 Å². The second-order valence-electron chi connectivity index (χ2n) is 17.0. The number of imidazole rings is 1. The molecule has 0 amide bonds. The van der Waals surface area contributed by atoms with Crippen molar-refractivity contribution in [2.75, 3.05) is 4.81 Å². The molecule has 0 aliphatic carbocycles. The molecule has 6 aromatic carbocycles. The molecule has 0 atom stereocenters. The van der Waals surface area contributed by atoms with Crippen LogP contribution in [-0.4, -0.2) is 30.8 Å². The Labute approximate surface area is 394 Å². The molecule has 10 rings (SSSR count). The quantitative estimate of drug-likeness (QED) is 0.107. The van der Waals surface area contributed by atoms with Gasteiger partial charge in [-0.05, 0) is 24.5 Å². The van der Waals surface area contributed by atoms with Gasteiger partial charge >= 0.3 is 341 Å². The summed E-state index contributed by atoms with van der Waals surface area (Å²) in [5.41, 5.74) is 6.00. The number of hydrogen-bond acceptors (Lipinski definition) is 4. The Bertz CT molecular complexity index is 3660. The summed E-state index contributed by atoms with van der Waals surface area (Å²) < 4.78 is 102. The molecule has 0 fully saturated rings. The van der Waals surface area contributed by atoms with Crippen molar-refractivity contribution in [2.45, 2.75) is 53.3 Å². The van der Waals surface area contributed by atoms with Crippen molar-refractivity contribution in [3.05, 3.63) is 185 Å². The summed E-state index contributed by atoms with van der Waals surface area (Å²) in [5, 5.41) is 4.77. The van der Waals surface area contributed by atoms with Crippen LogP contribution in [0.4, 0.5) is 11.5 Å². The van der Waals surface area contributed by atoms with Gasteiger partial charge in [-0.1, -0.05) is 13.8 Å². The first-order valence-corrected chi connectivity index (χ1v) is 21.9. The third-order valence-corrected chi connectivity index (χ3v) is 12.2. The number of para-hydroxylation sites is 2. The fourth-order valence-electron chi connectivity index (χ4n) is 8.25. The monoisotopic (exact) mass is 1010 g/mol. The Hall–Kier alpha value is -6.50. The van der Waals surface area contributed by atoms with Crippen LogP contribution in [-0.2, 0) is 24.8 Å². The topological polar surface area (TPSA) is 53.0 Å². The van der Waals surface area contributed by atoms with Crippen LogP contribution in [0.2, 0.25) is 6.32 Å². The van der Waals surface area contributed by atoms with Gasteiger partial charge in [0.1, 0.15) is 0 Å². The van der Waals surface area contributed by atoms with Crippen LogP contribution in [0.1, 0.15) is 59.5 Å². The predicted octanol–water partition coefficient (Wildman–Crippen LogP) is 13.2. The molecule has 0 saturated carbocycles. The summed E-state index contributed by atoms with van der Waals surface area (Å²) in [6, 6.07) is 28.5. The van der Waals surface area contributed by atoms with E-state index in [1.54, 1.807) is 24.4 Å². The van der Waals surface area contributed by atoms with Crippen molar-refractivity contribution >= 4 is 29.5 Å². The average molecular weight is 1010 g/mol. The van der Waals surface area contributed by atoms with E-state index in [1.165, 1.54) is 0 Å². The van der Waals surface area contributed by atoms with Crippen LogP contribution in [0.25, 0.3) is 55.9 Å². The first-order chi connectivity index (χ1) is 34.7. The Morgan fingerprint density at radius 1 is 0.746 bits per heavy atom. The summed E-state index contributed by atoms with van der Waals surface area (Å²) in [6.07, 6.45) is 4.41. The van der Waals surface area contributed by atoms with Crippen molar-refractivity contribution in [3.8, 4) is 56.4 Å². The molecule has 0 N–H and O–H groups in total. The van der Waals surface area contributed by atoms with Crippen LogP contribution in [0.5, 0.6) is 11.5 Å². The summed E-state index contributed by atoms with van der Waals surface area (Å²) in [4.78, 5) is 6.99. The summed E-state index contributed by atoms with van der Waals surface area (Å²) in [7, 11) is 0. The second-order valence-corrected chi connectivity index (χ2v) is 18.0. The fourth-order valence-corrected chi connectivity index (χ4v) is 9.32. The number of fused-ring (bicyclic) bond motifs is 4. The van der Waals surface area contributed by atoms with Gasteiger partial charge in [0.15, 0.2) is 0 Å². The summed E-state index contributed by atoms with van der Waals surface area (Å²) >= 11 is 2.17. The van der Waals surface area contributed by atoms with E-state index in [1.807, 2.05) is 108 Å². The zero-order chi connectivity index (χ0) is 52.1.